The maximum Gasteiger partial charge on any atom is 0.186 e. The van der Waals surface area contributed by atoms with Crippen molar-refractivity contribution in [2.45, 2.75) is 99.3 Å². The molecule has 0 aliphatic carbocycles. The zero-order chi connectivity index (χ0) is 58.6. The molecule has 10 nitrogen and oxygen atoms in total. The molecule has 0 aromatic heterocycles. The average Bonchev–Trinajstić information content (AvgIpc) is 3.69. The molecule has 6 rings (SSSR count). The summed E-state index contributed by atoms with van der Waals surface area (Å²) < 4.78 is 0. The summed E-state index contributed by atoms with van der Waals surface area (Å²) in [6.45, 7) is 9.27. The van der Waals surface area contributed by atoms with Gasteiger partial charge in [-0.05, 0) is 151 Å². The van der Waals surface area contributed by atoms with E-state index in [9.17, 15) is 4.79 Å². The second-order valence-corrected chi connectivity index (χ2v) is 28.7. The largest absolute Gasteiger partial charge is 0.870 e. The molecule has 0 radical (unpaired) electrons. The molecule has 0 saturated heterocycles. The number of likely N-dealkylation sites (N-methyl/N-ethyl adjacent to an activating group) is 1. The number of thiocarbonyl (C=S) groups is 4. The van der Waals surface area contributed by atoms with Crippen LogP contribution < -0.4 is 58.9 Å². The van der Waals surface area contributed by atoms with E-state index < -0.39 is 14.5 Å². The summed E-state index contributed by atoms with van der Waals surface area (Å²) in [7, 11) is 0.0806. The summed E-state index contributed by atoms with van der Waals surface area (Å²) in [5.74, 6) is -0.0103. The minimum absolute atomic E-state index is 0. The second kappa shape index (κ2) is 42.2. The van der Waals surface area contributed by atoms with Crippen molar-refractivity contribution >= 4 is 138 Å². The third-order valence-corrected chi connectivity index (χ3v) is 24.2. The summed E-state index contributed by atoms with van der Waals surface area (Å²) in [4.78, 5) is 21.6. The Kier molecular flexibility index (Phi) is 37.3. The number of Topliss-reactive ketones (excluding diaryl/α,β-unsaturated/α-hetero) is 1. The first-order valence-electron chi connectivity index (χ1n) is 28.2. The van der Waals surface area contributed by atoms with Crippen LogP contribution in [0.3, 0.4) is 0 Å². The lowest BCUT2D eigenvalue weighted by atomic mass is 10.1. The summed E-state index contributed by atoms with van der Waals surface area (Å²) in [6.07, 6.45) is 14.2. The number of ketones is 1. The molecule has 6 aromatic carbocycles. The number of rotatable bonds is 29. The molecule has 6 aromatic rings. The Morgan fingerprint density at radius 1 is 0.458 bits per heavy atom. The second-order valence-electron chi connectivity index (χ2n) is 19.5. The fraction of sp³-hybridized carbons (Fsp3) is 0.343. The number of hydrazone groups is 1. The molecule has 444 valence electrons. The van der Waals surface area contributed by atoms with E-state index in [1.54, 1.807) is 21.0 Å². The number of unbranched alkanes of at least 4 members (excludes halogenated alkanes) is 7. The number of benzene rings is 6. The molecular weight excluding hydrogens is 1140 g/mol. The molecule has 0 atom stereocenters. The van der Waals surface area contributed by atoms with Gasteiger partial charge in [-0.2, -0.15) is 5.10 Å². The van der Waals surface area contributed by atoms with Gasteiger partial charge in [0.25, 0.3) is 0 Å². The van der Waals surface area contributed by atoms with Gasteiger partial charge in [0.1, 0.15) is 46.4 Å². The molecule has 0 bridgehead atoms. The van der Waals surface area contributed by atoms with Crippen molar-refractivity contribution in [2.24, 2.45) is 20.8 Å². The van der Waals surface area contributed by atoms with Gasteiger partial charge in [-0.1, -0.05) is 173 Å². The molecule has 0 fully saturated rings. The van der Waals surface area contributed by atoms with Gasteiger partial charge in [-0.15, -0.1) is 0 Å². The quantitative estimate of drug-likeness (QED) is 0.0100. The summed E-state index contributed by atoms with van der Waals surface area (Å²) in [5.41, 5.74) is 10.5. The van der Waals surface area contributed by atoms with Crippen LogP contribution in [0.15, 0.2) is 197 Å². The van der Waals surface area contributed by atoms with Crippen LogP contribution in [0, 0.1) is 0 Å². The minimum Gasteiger partial charge on any atom is -0.870 e. The Hall–Kier alpha value is -5.66. The fourth-order valence-electron chi connectivity index (χ4n) is 9.14. The predicted molar refractivity (Wildman–Crippen MR) is 383 cm³/mol. The molecule has 0 heterocycles. The van der Waals surface area contributed by atoms with Crippen LogP contribution in [0.25, 0.3) is 0 Å². The SMILES string of the molecule is C.CNC(=S)CN=C(C)C(C)=O.CNC(=S)N/N=C(/C)C(C)=NCC(=S)NCCCCCC[P+](c1ccccc1)(c1ccccc1)c1ccccc1.NCC(=S)CCCCCCC[P+](c1ccccc1)(c1ccccc1)c1ccccc1.[OH-]. The van der Waals surface area contributed by atoms with Crippen molar-refractivity contribution < 1.29 is 10.3 Å². The van der Waals surface area contributed by atoms with Crippen LogP contribution in [0.2, 0.25) is 0 Å². The molecule has 0 spiro atoms. The number of hydrogen-bond acceptors (Lipinski definition) is 10. The van der Waals surface area contributed by atoms with Crippen molar-refractivity contribution in [2.75, 3.05) is 52.6 Å². The number of nitrogens with one attached hydrogen (secondary N) is 4. The fourth-order valence-corrected chi connectivity index (χ4v) is 18.4. The molecule has 0 aliphatic rings. The Morgan fingerprint density at radius 3 is 1.14 bits per heavy atom. The van der Waals surface area contributed by atoms with Crippen molar-refractivity contribution in [1.29, 1.82) is 0 Å². The van der Waals surface area contributed by atoms with Crippen molar-refractivity contribution in [3.05, 3.63) is 182 Å². The smallest absolute Gasteiger partial charge is 0.186 e. The van der Waals surface area contributed by atoms with Crippen LogP contribution in [0.5, 0.6) is 0 Å². The predicted octanol–water partition coefficient (Wildman–Crippen LogP) is 12.1. The highest BCUT2D eigenvalue weighted by molar-refractivity contribution is 7.96. The summed E-state index contributed by atoms with van der Waals surface area (Å²) in [5, 5.41) is 22.5. The van der Waals surface area contributed by atoms with E-state index in [0.29, 0.717) is 35.4 Å². The number of carbonyl (C=O) groups excluding carboxylic acids is 1. The molecular formula is C67H91N8O2P2S4+. The van der Waals surface area contributed by atoms with Crippen molar-refractivity contribution in [3.8, 4) is 0 Å². The third kappa shape index (κ3) is 25.2. The maximum atomic E-state index is 10.7. The van der Waals surface area contributed by atoms with E-state index in [4.69, 9.17) is 54.6 Å². The highest BCUT2D eigenvalue weighted by Crippen LogP contribution is 2.57. The molecule has 83 heavy (non-hydrogen) atoms. The lowest BCUT2D eigenvalue weighted by Gasteiger charge is -2.27. The van der Waals surface area contributed by atoms with Gasteiger partial charge < -0.3 is 27.2 Å². The summed E-state index contributed by atoms with van der Waals surface area (Å²) in [6, 6.07) is 66.9. The van der Waals surface area contributed by atoms with Gasteiger partial charge in [0.15, 0.2) is 10.9 Å². The first-order valence-corrected chi connectivity index (χ1v) is 33.7. The Balaban J connectivity index is 0.000000481. The average molecular weight is 1230 g/mol. The number of aliphatic imine (C=N–C) groups is 2. The molecule has 0 aliphatic heterocycles. The van der Waals surface area contributed by atoms with Gasteiger partial charge in [-0.3, -0.25) is 20.2 Å². The van der Waals surface area contributed by atoms with E-state index in [1.165, 1.54) is 102 Å². The lowest BCUT2D eigenvalue weighted by molar-refractivity contribution is -0.111. The number of nitrogens with two attached hydrogens (primary N) is 1. The molecule has 0 amide bonds. The Labute approximate surface area is 520 Å². The van der Waals surface area contributed by atoms with Gasteiger partial charge in [-0.25, -0.2) is 0 Å². The van der Waals surface area contributed by atoms with Gasteiger partial charge in [0, 0.05) is 39.0 Å². The maximum absolute atomic E-state index is 10.7. The van der Waals surface area contributed by atoms with E-state index in [0.717, 1.165) is 40.7 Å². The van der Waals surface area contributed by atoms with Crippen molar-refractivity contribution in [3.63, 3.8) is 0 Å². The first-order chi connectivity index (χ1) is 39.3. The molecule has 0 saturated carbocycles. The van der Waals surface area contributed by atoms with Crippen LogP contribution in [0.1, 0.15) is 99.3 Å². The molecule has 16 heteroatoms. The molecule has 7 N–H and O–H groups in total. The van der Waals surface area contributed by atoms with E-state index in [-0.39, 0.29) is 18.7 Å². The third-order valence-electron chi connectivity index (χ3n) is 13.9. The van der Waals surface area contributed by atoms with Crippen LogP contribution >= 0.6 is 63.4 Å². The monoisotopic (exact) mass is 1230 g/mol. The van der Waals surface area contributed by atoms with E-state index >= 15 is 0 Å². The minimum atomic E-state index is -1.74. The zero-order valence-corrected chi connectivity index (χ0v) is 54.0. The lowest BCUT2D eigenvalue weighted by Crippen LogP contribution is -2.33. The Morgan fingerprint density at radius 2 is 0.795 bits per heavy atom. The topological polar surface area (TPSA) is 158 Å². The highest BCUT2D eigenvalue weighted by Gasteiger charge is 2.45. The van der Waals surface area contributed by atoms with Crippen LogP contribution in [0.4, 0.5) is 0 Å². The van der Waals surface area contributed by atoms with Gasteiger partial charge in [0.05, 0.1) is 52.5 Å². The normalized spacial score (nSPS) is 11.4. The van der Waals surface area contributed by atoms with Gasteiger partial charge in [0.2, 0.25) is 0 Å². The van der Waals surface area contributed by atoms with E-state index in [1.807, 2.05) is 13.8 Å². The number of carbonyl (C=O) groups is 1. The van der Waals surface area contributed by atoms with Crippen molar-refractivity contribution in [1.82, 2.24) is 21.4 Å². The number of hydrogen-bond donors (Lipinski definition) is 5. The van der Waals surface area contributed by atoms with Crippen LogP contribution in [-0.2, 0) is 4.79 Å². The van der Waals surface area contributed by atoms with Crippen LogP contribution in [-0.4, -0.2) is 101 Å². The summed E-state index contributed by atoms with van der Waals surface area (Å²) >= 11 is 20.6. The standard InChI is InChI=1S/C32H40N5PS2.C27H33NPS.C7H12N2OS.CH4.H2O/c1-26(27(2)36-37-32(40)33-3)35-25-31(39)34-23-15-4-5-16-24-38(28-17-9-6-10-18-28,29-19-11-7-12-20-29)30-21-13-8-14-22-30;28-23-27(30)21-13-2-1-3-14-22-29(24-15-7-4-8-16-24,25-17-9-5-10-18-25)26-19-11-6-12-20-26;1-5(6(2)10)9-4-7(11)8-3;;/h6-14,17-22H,4-5,15-16,23-25H2,1-3H3,(H2-,33,34,35,37,39,40);4-12,15-20H,1-3,13-14,21-23,28H2;4H2,1-3H3,(H,8,11);1H4;1H2/q;+1;;;. The molecule has 0 unspecified atom stereocenters. The van der Waals surface area contributed by atoms with Gasteiger partial charge >= 0.3 is 0 Å². The number of nitrogens with zero attached hydrogens (tertiary/aromatic N) is 3. The highest BCUT2D eigenvalue weighted by atomic mass is 32.1. The zero-order valence-electron chi connectivity index (χ0n) is 48.9. The van der Waals surface area contributed by atoms with E-state index in [2.05, 4.69) is 218 Å². The Bertz CT molecular complexity index is 2710. The first kappa shape index (κ1) is 73.4.